The molecule has 0 unspecified atom stereocenters. The van der Waals surface area contributed by atoms with E-state index in [0.29, 0.717) is 0 Å². The van der Waals surface area contributed by atoms with Crippen LogP contribution in [0.4, 0.5) is 0 Å². The lowest BCUT2D eigenvalue weighted by Gasteiger charge is -2.07. The molecule has 0 amide bonds. The molecule has 2 nitrogen and oxygen atoms in total. The summed E-state index contributed by atoms with van der Waals surface area (Å²) in [6.45, 7) is 9.41. The Labute approximate surface area is 310 Å². The van der Waals surface area contributed by atoms with Crippen molar-refractivity contribution >= 4 is 0 Å². The van der Waals surface area contributed by atoms with E-state index in [2.05, 4.69) is 42.3 Å². The zero-order valence-electron chi connectivity index (χ0n) is 34.5. The van der Waals surface area contributed by atoms with Crippen molar-refractivity contribution in [1.29, 1.82) is 0 Å². The highest BCUT2D eigenvalue weighted by atomic mass is 15.1. The van der Waals surface area contributed by atoms with Crippen LogP contribution in [0.25, 0.3) is 0 Å². The van der Waals surface area contributed by atoms with Gasteiger partial charge in [0.2, 0.25) is 0 Å². The fourth-order valence-electron chi connectivity index (χ4n) is 7.92. The number of nitrogens with zero attached hydrogens (tertiary/aromatic N) is 2. The largest absolute Gasteiger partial charge is 0.256 e. The van der Waals surface area contributed by atoms with E-state index in [1.807, 2.05) is 0 Å². The van der Waals surface area contributed by atoms with Crippen LogP contribution in [-0.4, -0.2) is 4.57 Å². The van der Waals surface area contributed by atoms with Crippen molar-refractivity contribution in [3.05, 3.63) is 18.2 Å². The van der Waals surface area contributed by atoms with Crippen LogP contribution in [0, 0.1) is 0 Å². The first-order chi connectivity index (χ1) is 24.3. The highest BCUT2D eigenvalue weighted by molar-refractivity contribution is 4.84. The summed E-state index contributed by atoms with van der Waals surface area (Å²) in [7, 11) is 0. The van der Waals surface area contributed by atoms with Gasteiger partial charge in [0.15, 0.2) is 0 Å². The van der Waals surface area contributed by atoms with Crippen LogP contribution >= 0.6 is 0 Å². The number of unbranched alkanes of at least 4 members (excludes halogenated alkanes) is 35. The molecule has 0 saturated heterocycles. The minimum Gasteiger partial charge on any atom is -0.234 e. The molecule has 0 bridgehead atoms. The van der Waals surface area contributed by atoms with Gasteiger partial charge in [-0.05, 0) is 32.1 Å². The molecule has 0 atom stereocenters. The second-order valence-electron chi connectivity index (χ2n) is 16.2. The lowest BCUT2D eigenvalue weighted by Crippen LogP contribution is -2.37. The summed E-state index contributed by atoms with van der Waals surface area (Å²) in [5.41, 5.74) is 0. The summed E-state index contributed by atoms with van der Waals surface area (Å²) >= 11 is 0. The quantitative estimate of drug-likeness (QED) is 0.0479. The van der Waals surface area contributed by atoms with Gasteiger partial charge >= 0.3 is 0 Å². The first-order valence-corrected chi connectivity index (χ1v) is 23.4. The summed E-state index contributed by atoms with van der Waals surface area (Å²) in [5.74, 6) is 1.63. The van der Waals surface area contributed by atoms with E-state index in [9.17, 15) is 0 Å². The second-order valence-corrected chi connectivity index (χ2v) is 16.2. The van der Waals surface area contributed by atoms with E-state index in [1.54, 1.807) is 5.82 Å². The number of hydrogen-bond donors (Lipinski definition) is 0. The minimum absolute atomic E-state index is 1.23. The smallest absolute Gasteiger partial charge is 0.234 e. The Kier molecular flexibility index (Phi) is 36.3. The third kappa shape index (κ3) is 30.5. The van der Waals surface area contributed by atoms with Crippen LogP contribution in [0.5, 0.6) is 0 Å². The lowest BCUT2D eigenvalue weighted by atomic mass is 10.0. The Balaban J connectivity index is 2.24. The first kappa shape index (κ1) is 46.2. The van der Waals surface area contributed by atoms with Crippen LogP contribution in [0.1, 0.15) is 271 Å². The van der Waals surface area contributed by atoms with Crippen molar-refractivity contribution in [2.75, 3.05) is 0 Å². The molecule has 0 saturated carbocycles. The Hall–Kier alpha value is -0.790. The van der Waals surface area contributed by atoms with Crippen molar-refractivity contribution in [2.45, 2.75) is 284 Å². The van der Waals surface area contributed by atoms with E-state index in [0.717, 1.165) is 0 Å². The zero-order chi connectivity index (χ0) is 35.1. The molecule has 0 aromatic carbocycles. The molecular weight excluding hydrogens is 593 g/mol. The van der Waals surface area contributed by atoms with Crippen LogP contribution in [0.3, 0.4) is 0 Å². The molecular formula is C47H93N2+. The molecule has 0 N–H and O–H groups in total. The summed E-state index contributed by atoms with van der Waals surface area (Å²) in [4.78, 5) is 0. The van der Waals surface area contributed by atoms with E-state index < -0.39 is 0 Å². The maximum absolute atomic E-state index is 2.65. The topological polar surface area (TPSA) is 8.81 Å². The van der Waals surface area contributed by atoms with E-state index >= 15 is 0 Å². The van der Waals surface area contributed by atoms with Gasteiger partial charge in [-0.25, -0.2) is 9.13 Å². The fourth-order valence-corrected chi connectivity index (χ4v) is 7.92. The number of aromatic nitrogens is 2. The van der Waals surface area contributed by atoms with Gasteiger partial charge in [0, 0.05) is 6.42 Å². The predicted octanol–water partition coefficient (Wildman–Crippen LogP) is 16.2. The highest BCUT2D eigenvalue weighted by Gasteiger charge is 2.16. The summed E-state index contributed by atoms with van der Waals surface area (Å²) in [6, 6.07) is 0. The van der Waals surface area contributed by atoms with E-state index in [1.165, 1.54) is 264 Å². The van der Waals surface area contributed by atoms with Crippen molar-refractivity contribution in [3.8, 4) is 0 Å². The first-order valence-electron chi connectivity index (χ1n) is 23.4. The molecule has 0 radical (unpaired) electrons. The summed E-state index contributed by atoms with van der Waals surface area (Å²) in [5, 5.41) is 0. The number of aryl methyl sites for hydroxylation is 2. The third-order valence-electron chi connectivity index (χ3n) is 11.3. The molecule has 1 heterocycles. The Morgan fingerprint density at radius 2 is 0.633 bits per heavy atom. The molecule has 0 spiro atoms. The van der Waals surface area contributed by atoms with Crippen LogP contribution in [-0.2, 0) is 19.5 Å². The molecule has 1 aromatic heterocycles. The van der Waals surface area contributed by atoms with Gasteiger partial charge in [-0.3, -0.25) is 0 Å². The highest BCUT2D eigenvalue weighted by Crippen LogP contribution is 2.16. The molecule has 1 aromatic rings. The van der Waals surface area contributed by atoms with E-state index in [4.69, 9.17) is 0 Å². The summed E-state index contributed by atoms with van der Waals surface area (Å²) in [6.07, 6.45) is 60.8. The predicted molar refractivity (Wildman–Crippen MR) is 221 cm³/mol. The number of rotatable bonds is 41. The van der Waals surface area contributed by atoms with Gasteiger partial charge in [0.1, 0.15) is 12.4 Å². The van der Waals surface area contributed by atoms with Gasteiger partial charge in [-0.15, -0.1) is 0 Å². The molecule has 1 rings (SSSR count). The SMILES string of the molecule is CCCCCCCCCCCCCCCCCCn1cc[n+](CCCCCCCCCCC)c1CCCCCCCCCCCCCCC. The maximum Gasteiger partial charge on any atom is 0.256 e. The standard InChI is InChI=1S/C47H93N2/c1-4-7-10-13-16-19-21-23-24-25-27-29-32-35-38-41-44-49-46-45-48(43-40-37-34-31-18-15-12-9-6-3)47(49)42-39-36-33-30-28-26-22-20-17-14-11-8-5-2/h45-46H,4-44H2,1-3H3/q+1. The van der Waals surface area contributed by atoms with Crippen LogP contribution in [0.2, 0.25) is 0 Å². The van der Waals surface area contributed by atoms with E-state index in [-0.39, 0.29) is 0 Å². The Morgan fingerprint density at radius 1 is 0.347 bits per heavy atom. The molecule has 2 heteroatoms. The molecule has 0 aliphatic carbocycles. The molecule has 0 fully saturated rings. The zero-order valence-corrected chi connectivity index (χ0v) is 34.5. The number of imidazole rings is 1. The molecule has 0 aliphatic heterocycles. The minimum atomic E-state index is 1.23. The van der Waals surface area contributed by atoms with Crippen molar-refractivity contribution in [3.63, 3.8) is 0 Å². The van der Waals surface area contributed by atoms with Crippen molar-refractivity contribution in [1.82, 2.24) is 4.57 Å². The van der Waals surface area contributed by atoms with Gasteiger partial charge in [0.05, 0.1) is 13.1 Å². The average molecular weight is 686 g/mol. The lowest BCUT2D eigenvalue weighted by molar-refractivity contribution is -0.704. The normalized spacial score (nSPS) is 11.7. The average Bonchev–Trinajstić information content (AvgIpc) is 3.50. The Bertz CT molecular complexity index is 751. The molecule has 0 aliphatic rings. The van der Waals surface area contributed by atoms with Gasteiger partial charge in [0.25, 0.3) is 5.82 Å². The van der Waals surface area contributed by atoms with Crippen molar-refractivity contribution in [2.24, 2.45) is 0 Å². The summed E-state index contributed by atoms with van der Waals surface area (Å²) < 4.78 is 5.30. The fraction of sp³-hybridized carbons (Fsp3) is 0.936. The van der Waals surface area contributed by atoms with Crippen LogP contribution in [0.15, 0.2) is 12.4 Å². The molecule has 290 valence electrons. The maximum atomic E-state index is 2.65. The Morgan fingerprint density at radius 3 is 0.980 bits per heavy atom. The van der Waals surface area contributed by atoms with Gasteiger partial charge in [-0.1, -0.05) is 233 Å². The van der Waals surface area contributed by atoms with Crippen LogP contribution < -0.4 is 4.57 Å². The second kappa shape index (κ2) is 38.4. The van der Waals surface area contributed by atoms with Gasteiger partial charge < -0.3 is 0 Å². The third-order valence-corrected chi connectivity index (χ3v) is 11.3. The monoisotopic (exact) mass is 686 g/mol. The molecule has 49 heavy (non-hydrogen) atoms. The van der Waals surface area contributed by atoms with Gasteiger partial charge in [-0.2, -0.15) is 0 Å². The van der Waals surface area contributed by atoms with Crippen molar-refractivity contribution < 1.29 is 4.57 Å². The number of hydrogen-bond acceptors (Lipinski definition) is 0.